The first-order valence-electron chi connectivity index (χ1n) is 10.3. The minimum Gasteiger partial charge on any atom is -0.496 e. The van der Waals surface area contributed by atoms with Crippen LogP contribution in [0.15, 0.2) is 67.1 Å². The molecule has 0 unspecified atom stereocenters. The van der Waals surface area contributed by atoms with Gasteiger partial charge in [-0.15, -0.1) is 0 Å². The zero-order valence-corrected chi connectivity index (χ0v) is 17.3. The van der Waals surface area contributed by atoms with Crippen molar-refractivity contribution in [3.8, 4) is 17.0 Å². The Kier molecular flexibility index (Phi) is 5.00. The molecular weight excluding hydrogens is 390 g/mol. The second-order valence-electron chi connectivity index (χ2n) is 7.41. The SMILES string of the molecule is COc1ccccc1-c1nc2cnccn2c1NCCC(=O)N1CCc2ccccc21. The van der Waals surface area contributed by atoms with E-state index in [0.717, 1.165) is 47.1 Å². The van der Waals surface area contributed by atoms with Gasteiger partial charge in [0, 0.05) is 43.2 Å². The second kappa shape index (κ2) is 8.10. The number of fused-ring (bicyclic) bond motifs is 2. The number of nitrogens with zero attached hydrogens (tertiary/aromatic N) is 4. The molecule has 1 aliphatic rings. The van der Waals surface area contributed by atoms with Gasteiger partial charge in [-0.3, -0.25) is 14.2 Å². The molecule has 7 heteroatoms. The first-order chi connectivity index (χ1) is 15.3. The summed E-state index contributed by atoms with van der Waals surface area (Å²) in [5.74, 6) is 1.68. The summed E-state index contributed by atoms with van der Waals surface area (Å²) in [6.45, 7) is 1.24. The van der Waals surface area contributed by atoms with Crippen LogP contribution in [-0.2, 0) is 11.2 Å². The van der Waals surface area contributed by atoms with Crippen LogP contribution in [0.1, 0.15) is 12.0 Å². The molecule has 0 aliphatic carbocycles. The number of aromatic nitrogens is 3. The van der Waals surface area contributed by atoms with Crippen molar-refractivity contribution in [3.05, 3.63) is 72.7 Å². The summed E-state index contributed by atoms with van der Waals surface area (Å²) in [7, 11) is 1.65. The van der Waals surface area contributed by atoms with Crippen LogP contribution < -0.4 is 15.0 Å². The fourth-order valence-electron chi connectivity index (χ4n) is 4.12. The number of carbonyl (C=O) groups excluding carboxylic acids is 1. The third kappa shape index (κ3) is 3.48. The van der Waals surface area contributed by atoms with Crippen LogP contribution in [0.5, 0.6) is 5.75 Å². The largest absolute Gasteiger partial charge is 0.496 e. The van der Waals surface area contributed by atoms with Gasteiger partial charge in [-0.25, -0.2) is 4.98 Å². The average Bonchev–Trinajstić information content (AvgIpc) is 3.41. The van der Waals surface area contributed by atoms with Crippen molar-refractivity contribution in [3.63, 3.8) is 0 Å². The monoisotopic (exact) mass is 413 g/mol. The van der Waals surface area contributed by atoms with Gasteiger partial charge in [0.15, 0.2) is 5.65 Å². The van der Waals surface area contributed by atoms with E-state index < -0.39 is 0 Å². The summed E-state index contributed by atoms with van der Waals surface area (Å²) in [6, 6.07) is 15.9. The van der Waals surface area contributed by atoms with Crippen molar-refractivity contribution in [2.45, 2.75) is 12.8 Å². The van der Waals surface area contributed by atoms with E-state index in [1.54, 1.807) is 19.5 Å². The van der Waals surface area contributed by atoms with Gasteiger partial charge in [0.05, 0.1) is 13.3 Å². The fraction of sp³-hybridized carbons (Fsp3) is 0.208. The lowest BCUT2D eigenvalue weighted by molar-refractivity contribution is -0.118. The standard InChI is InChI=1S/C24H23N5O2/c1-31-20-9-5-3-7-18(20)23-24(29-15-13-25-16-21(29)27-23)26-12-10-22(30)28-14-11-17-6-2-4-8-19(17)28/h2-9,13,15-16,26H,10-12,14H2,1H3. The highest BCUT2D eigenvalue weighted by atomic mass is 16.5. The lowest BCUT2D eigenvalue weighted by Crippen LogP contribution is -2.30. The van der Waals surface area contributed by atoms with E-state index in [9.17, 15) is 4.79 Å². The fourth-order valence-corrected chi connectivity index (χ4v) is 4.12. The van der Waals surface area contributed by atoms with Gasteiger partial charge in [-0.05, 0) is 30.2 Å². The molecule has 2 aromatic carbocycles. The summed E-state index contributed by atoms with van der Waals surface area (Å²) in [4.78, 5) is 23.7. The molecule has 156 valence electrons. The number of amides is 1. The molecule has 0 spiro atoms. The van der Waals surface area contributed by atoms with Crippen LogP contribution >= 0.6 is 0 Å². The molecule has 0 bridgehead atoms. The van der Waals surface area contributed by atoms with Crippen molar-refractivity contribution in [2.75, 3.05) is 30.4 Å². The Morgan fingerprint density at radius 3 is 2.90 bits per heavy atom. The minimum absolute atomic E-state index is 0.117. The van der Waals surface area contributed by atoms with Crippen LogP contribution in [0.4, 0.5) is 11.5 Å². The summed E-state index contributed by atoms with van der Waals surface area (Å²) in [5, 5.41) is 3.43. The van der Waals surface area contributed by atoms with Crippen molar-refractivity contribution in [2.24, 2.45) is 0 Å². The molecular formula is C24H23N5O2. The quantitative estimate of drug-likeness (QED) is 0.521. The van der Waals surface area contributed by atoms with E-state index in [-0.39, 0.29) is 5.91 Å². The van der Waals surface area contributed by atoms with Gasteiger partial charge < -0.3 is 15.0 Å². The number of imidazole rings is 1. The smallest absolute Gasteiger partial charge is 0.228 e. The molecule has 31 heavy (non-hydrogen) atoms. The second-order valence-corrected chi connectivity index (χ2v) is 7.41. The number of methoxy groups -OCH3 is 1. The van der Waals surface area contributed by atoms with Crippen molar-refractivity contribution in [1.82, 2.24) is 14.4 Å². The summed E-state index contributed by atoms with van der Waals surface area (Å²) < 4.78 is 7.49. The molecule has 0 saturated carbocycles. The molecule has 0 saturated heterocycles. The maximum Gasteiger partial charge on any atom is 0.228 e. The summed E-state index contributed by atoms with van der Waals surface area (Å²) >= 11 is 0. The van der Waals surface area contributed by atoms with Crippen LogP contribution in [0, 0.1) is 0 Å². The Balaban J connectivity index is 1.39. The molecule has 5 rings (SSSR count). The molecule has 2 aromatic heterocycles. The van der Waals surface area contributed by atoms with Crippen LogP contribution in [0.3, 0.4) is 0 Å². The normalized spacial score (nSPS) is 12.7. The van der Waals surface area contributed by atoms with Crippen molar-refractivity contribution in [1.29, 1.82) is 0 Å². The minimum atomic E-state index is 0.117. The Hall–Kier alpha value is -3.87. The predicted octanol–water partition coefficient (Wildman–Crippen LogP) is 3.80. The van der Waals surface area contributed by atoms with Gasteiger partial charge in [0.1, 0.15) is 17.3 Å². The van der Waals surface area contributed by atoms with Crippen LogP contribution in [0.2, 0.25) is 0 Å². The lowest BCUT2D eigenvalue weighted by atomic mass is 10.1. The number of carbonyl (C=O) groups is 1. The summed E-state index contributed by atoms with van der Waals surface area (Å²) in [5.41, 5.74) is 4.64. The van der Waals surface area contributed by atoms with Crippen LogP contribution in [0.25, 0.3) is 16.9 Å². The first-order valence-corrected chi connectivity index (χ1v) is 10.3. The Labute approximate surface area is 180 Å². The molecule has 1 aliphatic heterocycles. The Bertz CT molecular complexity index is 1250. The first kappa shape index (κ1) is 19.1. The highest BCUT2D eigenvalue weighted by Crippen LogP contribution is 2.35. The number of benzene rings is 2. The summed E-state index contributed by atoms with van der Waals surface area (Å²) in [6.07, 6.45) is 6.60. The molecule has 0 atom stereocenters. The van der Waals surface area contributed by atoms with Gasteiger partial charge in [0.2, 0.25) is 5.91 Å². The van der Waals surface area contributed by atoms with Gasteiger partial charge >= 0.3 is 0 Å². The molecule has 0 radical (unpaired) electrons. The number of nitrogens with one attached hydrogen (secondary N) is 1. The van der Waals surface area contributed by atoms with E-state index in [1.807, 2.05) is 58.0 Å². The van der Waals surface area contributed by atoms with E-state index in [4.69, 9.17) is 9.72 Å². The number of hydrogen-bond donors (Lipinski definition) is 1. The third-order valence-electron chi connectivity index (χ3n) is 5.61. The highest BCUT2D eigenvalue weighted by molar-refractivity contribution is 5.95. The molecule has 1 N–H and O–H groups in total. The Morgan fingerprint density at radius 1 is 1.16 bits per heavy atom. The topological polar surface area (TPSA) is 71.8 Å². The maximum absolute atomic E-state index is 12.9. The van der Waals surface area contributed by atoms with E-state index in [0.29, 0.717) is 13.0 Å². The molecule has 3 heterocycles. The number of rotatable bonds is 6. The number of para-hydroxylation sites is 2. The van der Waals surface area contributed by atoms with E-state index in [1.165, 1.54) is 5.56 Å². The molecule has 0 fully saturated rings. The van der Waals surface area contributed by atoms with Crippen LogP contribution in [-0.4, -0.2) is 40.5 Å². The number of hydrogen-bond acceptors (Lipinski definition) is 5. The molecule has 7 nitrogen and oxygen atoms in total. The highest BCUT2D eigenvalue weighted by Gasteiger charge is 2.24. The average molecular weight is 413 g/mol. The van der Waals surface area contributed by atoms with E-state index in [2.05, 4.69) is 16.4 Å². The Morgan fingerprint density at radius 2 is 2.00 bits per heavy atom. The third-order valence-corrected chi connectivity index (χ3v) is 5.61. The van der Waals surface area contributed by atoms with Crippen molar-refractivity contribution >= 4 is 23.1 Å². The molecule has 1 amide bonds. The van der Waals surface area contributed by atoms with E-state index >= 15 is 0 Å². The molecule has 4 aromatic rings. The number of ether oxygens (including phenoxy) is 1. The zero-order chi connectivity index (χ0) is 21.2. The maximum atomic E-state index is 12.9. The zero-order valence-electron chi connectivity index (χ0n) is 17.3. The van der Waals surface area contributed by atoms with Crippen molar-refractivity contribution < 1.29 is 9.53 Å². The lowest BCUT2D eigenvalue weighted by Gasteiger charge is -2.18. The van der Waals surface area contributed by atoms with Gasteiger partial charge in [-0.2, -0.15) is 0 Å². The predicted molar refractivity (Wildman–Crippen MR) is 121 cm³/mol. The number of anilines is 2. The van der Waals surface area contributed by atoms with Gasteiger partial charge in [-0.1, -0.05) is 30.3 Å². The van der Waals surface area contributed by atoms with Gasteiger partial charge in [0.25, 0.3) is 0 Å².